The van der Waals surface area contributed by atoms with Crippen LogP contribution in [0.4, 0.5) is 0 Å². The molecule has 1 amide bonds. The number of benzene rings is 3. The molecule has 0 saturated heterocycles. The summed E-state index contributed by atoms with van der Waals surface area (Å²) in [6.45, 7) is 3.95. The van der Waals surface area contributed by atoms with E-state index in [9.17, 15) is 4.79 Å². The van der Waals surface area contributed by atoms with Gasteiger partial charge in [0.2, 0.25) is 5.91 Å². The molecule has 0 bridgehead atoms. The van der Waals surface area contributed by atoms with Crippen molar-refractivity contribution in [1.82, 2.24) is 20.1 Å². The molecular formula is C25H23ClN4OS. The average Bonchev–Trinajstić information content (AvgIpc) is 3.18. The van der Waals surface area contributed by atoms with Gasteiger partial charge in [0, 0.05) is 10.7 Å². The highest BCUT2D eigenvalue weighted by Gasteiger charge is 2.18. The molecule has 7 heteroatoms. The second-order valence-corrected chi connectivity index (χ2v) is 8.83. The first-order chi connectivity index (χ1) is 15.5. The van der Waals surface area contributed by atoms with E-state index in [1.165, 1.54) is 17.3 Å². The van der Waals surface area contributed by atoms with Crippen LogP contribution < -0.4 is 5.32 Å². The number of aromatic nitrogens is 3. The van der Waals surface area contributed by atoms with Crippen LogP contribution in [0.1, 0.15) is 28.6 Å². The van der Waals surface area contributed by atoms with Gasteiger partial charge in [-0.05, 0) is 49.2 Å². The predicted molar refractivity (Wildman–Crippen MR) is 129 cm³/mol. The van der Waals surface area contributed by atoms with Crippen molar-refractivity contribution in [2.45, 2.75) is 25.0 Å². The molecule has 1 atom stereocenters. The van der Waals surface area contributed by atoms with Crippen LogP contribution in [0.3, 0.4) is 0 Å². The summed E-state index contributed by atoms with van der Waals surface area (Å²) in [6.07, 6.45) is 0. The van der Waals surface area contributed by atoms with E-state index in [-0.39, 0.29) is 17.7 Å². The maximum atomic E-state index is 12.9. The number of nitrogens with zero attached hydrogens (tertiary/aromatic N) is 3. The lowest BCUT2D eigenvalue weighted by Gasteiger charge is -2.20. The van der Waals surface area contributed by atoms with Crippen LogP contribution in [0.5, 0.6) is 0 Å². The summed E-state index contributed by atoms with van der Waals surface area (Å²) in [6, 6.07) is 25.3. The monoisotopic (exact) mass is 462 g/mol. The number of rotatable bonds is 7. The zero-order valence-electron chi connectivity index (χ0n) is 17.8. The Kier molecular flexibility index (Phi) is 6.93. The first kappa shape index (κ1) is 22.1. The Balaban J connectivity index is 1.50. The molecule has 4 aromatic rings. The lowest BCUT2D eigenvalue weighted by molar-refractivity contribution is -0.119. The molecule has 1 unspecified atom stereocenters. The Bertz CT molecular complexity index is 1190. The van der Waals surface area contributed by atoms with Gasteiger partial charge in [0.1, 0.15) is 5.82 Å². The number of carbonyl (C=O) groups is 1. The zero-order chi connectivity index (χ0) is 22.5. The minimum absolute atomic E-state index is 0.0880. The van der Waals surface area contributed by atoms with Crippen molar-refractivity contribution in [1.29, 1.82) is 0 Å². The quantitative estimate of drug-likeness (QED) is 0.366. The van der Waals surface area contributed by atoms with Crippen LogP contribution in [0.2, 0.25) is 5.02 Å². The Labute approximate surface area is 196 Å². The number of nitrogens with one attached hydrogen (secondary N) is 1. The van der Waals surface area contributed by atoms with E-state index in [4.69, 9.17) is 11.6 Å². The summed E-state index contributed by atoms with van der Waals surface area (Å²) < 4.78 is 1.96. The van der Waals surface area contributed by atoms with Crippen molar-refractivity contribution in [2.75, 3.05) is 5.75 Å². The summed E-state index contributed by atoms with van der Waals surface area (Å²) >= 11 is 7.42. The summed E-state index contributed by atoms with van der Waals surface area (Å²) in [4.78, 5) is 12.9. The Morgan fingerprint density at radius 2 is 1.59 bits per heavy atom. The molecule has 32 heavy (non-hydrogen) atoms. The number of carbonyl (C=O) groups excluding carboxylic acids is 1. The molecule has 1 aromatic heterocycles. The third-order valence-corrected chi connectivity index (χ3v) is 6.24. The second kappa shape index (κ2) is 10.0. The molecule has 162 valence electrons. The van der Waals surface area contributed by atoms with Gasteiger partial charge < -0.3 is 5.32 Å². The van der Waals surface area contributed by atoms with E-state index in [0.717, 1.165) is 22.6 Å². The molecule has 0 saturated carbocycles. The maximum Gasteiger partial charge on any atom is 0.231 e. The predicted octanol–water partition coefficient (Wildman–Crippen LogP) is 5.54. The van der Waals surface area contributed by atoms with Crippen LogP contribution in [-0.4, -0.2) is 26.4 Å². The van der Waals surface area contributed by atoms with Gasteiger partial charge in [-0.15, -0.1) is 10.2 Å². The van der Waals surface area contributed by atoms with Crippen LogP contribution in [0.15, 0.2) is 84.0 Å². The molecular weight excluding hydrogens is 440 g/mol. The zero-order valence-corrected chi connectivity index (χ0v) is 19.4. The van der Waals surface area contributed by atoms with Gasteiger partial charge >= 0.3 is 0 Å². The first-order valence-corrected chi connectivity index (χ1v) is 11.6. The lowest BCUT2D eigenvalue weighted by atomic mass is 9.99. The maximum absolute atomic E-state index is 12.9. The molecule has 1 heterocycles. The highest BCUT2D eigenvalue weighted by atomic mass is 35.5. The largest absolute Gasteiger partial charge is 0.344 e. The van der Waals surface area contributed by atoms with Crippen LogP contribution in [0, 0.1) is 13.8 Å². The Morgan fingerprint density at radius 1 is 0.938 bits per heavy atom. The molecule has 0 radical (unpaired) electrons. The second-order valence-electron chi connectivity index (χ2n) is 7.45. The number of hydrogen-bond donors (Lipinski definition) is 1. The summed E-state index contributed by atoms with van der Waals surface area (Å²) in [5, 5.41) is 13.0. The van der Waals surface area contributed by atoms with Crippen molar-refractivity contribution in [3.63, 3.8) is 0 Å². The minimum Gasteiger partial charge on any atom is -0.344 e. The third-order valence-electron chi connectivity index (χ3n) is 5.06. The summed E-state index contributed by atoms with van der Waals surface area (Å²) in [5.74, 6) is 0.913. The van der Waals surface area contributed by atoms with Gasteiger partial charge in [-0.2, -0.15) is 0 Å². The van der Waals surface area contributed by atoms with E-state index in [1.54, 1.807) is 0 Å². The fourth-order valence-corrected chi connectivity index (χ4v) is 4.35. The van der Waals surface area contributed by atoms with Crippen LogP contribution in [0.25, 0.3) is 5.69 Å². The van der Waals surface area contributed by atoms with Crippen LogP contribution >= 0.6 is 23.4 Å². The van der Waals surface area contributed by atoms with E-state index in [2.05, 4.69) is 15.5 Å². The van der Waals surface area contributed by atoms with Crippen molar-refractivity contribution < 1.29 is 4.79 Å². The van der Waals surface area contributed by atoms with E-state index in [0.29, 0.717) is 10.2 Å². The smallest absolute Gasteiger partial charge is 0.231 e. The number of thioether (sulfide) groups is 1. The standard InChI is InChI=1S/C25H23ClN4OS/c1-17-8-14-22(15-9-17)30-18(2)28-29-25(30)32-16-23(31)27-24(19-6-4-3-5-7-19)20-10-12-21(26)13-11-20/h3-15,24H,16H2,1-2H3,(H,27,31). The van der Waals surface area contributed by atoms with Gasteiger partial charge in [-0.3, -0.25) is 9.36 Å². The number of aryl methyl sites for hydroxylation is 2. The van der Waals surface area contributed by atoms with Gasteiger partial charge in [-0.1, -0.05) is 83.5 Å². The first-order valence-electron chi connectivity index (χ1n) is 10.2. The molecule has 0 aliphatic rings. The summed E-state index contributed by atoms with van der Waals surface area (Å²) in [5.41, 5.74) is 4.14. The molecule has 4 rings (SSSR count). The molecule has 0 spiro atoms. The van der Waals surface area contributed by atoms with Gasteiger partial charge in [0.25, 0.3) is 0 Å². The highest BCUT2D eigenvalue weighted by molar-refractivity contribution is 7.99. The molecule has 5 nitrogen and oxygen atoms in total. The molecule has 1 N–H and O–H groups in total. The third kappa shape index (κ3) is 5.21. The molecule has 3 aromatic carbocycles. The lowest BCUT2D eigenvalue weighted by Crippen LogP contribution is -2.30. The van der Waals surface area contributed by atoms with E-state index >= 15 is 0 Å². The van der Waals surface area contributed by atoms with Crippen LogP contribution in [-0.2, 0) is 4.79 Å². The topological polar surface area (TPSA) is 59.8 Å². The number of amides is 1. The normalized spacial score (nSPS) is 11.8. The fraction of sp³-hybridized carbons (Fsp3) is 0.160. The summed E-state index contributed by atoms with van der Waals surface area (Å²) in [7, 11) is 0. The number of halogens is 1. The molecule has 0 aliphatic carbocycles. The van der Waals surface area contributed by atoms with Gasteiger partial charge in [0.05, 0.1) is 11.8 Å². The fourth-order valence-electron chi connectivity index (χ4n) is 3.42. The van der Waals surface area contributed by atoms with Crippen molar-refractivity contribution in [3.8, 4) is 5.69 Å². The molecule has 0 fully saturated rings. The van der Waals surface area contributed by atoms with E-state index in [1.807, 2.05) is 97.3 Å². The van der Waals surface area contributed by atoms with Crippen molar-refractivity contribution in [3.05, 3.63) is 106 Å². The van der Waals surface area contributed by atoms with E-state index < -0.39 is 0 Å². The minimum atomic E-state index is -0.265. The Morgan fingerprint density at radius 3 is 2.28 bits per heavy atom. The molecule has 0 aliphatic heterocycles. The van der Waals surface area contributed by atoms with Crippen molar-refractivity contribution in [2.24, 2.45) is 0 Å². The Hall–Kier alpha value is -3.09. The van der Waals surface area contributed by atoms with Crippen molar-refractivity contribution >= 4 is 29.3 Å². The number of hydrogen-bond acceptors (Lipinski definition) is 4. The SMILES string of the molecule is Cc1ccc(-n2c(C)nnc2SCC(=O)NC(c2ccccc2)c2ccc(Cl)cc2)cc1. The van der Waals surface area contributed by atoms with Gasteiger partial charge in [0.15, 0.2) is 5.16 Å². The van der Waals surface area contributed by atoms with Gasteiger partial charge in [-0.25, -0.2) is 0 Å². The highest BCUT2D eigenvalue weighted by Crippen LogP contribution is 2.25. The average molecular weight is 463 g/mol.